The van der Waals surface area contributed by atoms with Crippen molar-refractivity contribution in [2.75, 3.05) is 7.11 Å². The van der Waals surface area contributed by atoms with Crippen LogP contribution in [-0.2, 0) is 6.54 Å². The van der Waals surface area contributed by atoms with Gasteiger partial charge in [-0.15, -0.1) is 0 Å². The fourth-order valence-electron chi connectivity index (χ4n) is 4.64. The van der Waals surface area contributed by atoms with Crippen LogP contribution in [0.4, 0.5) is 0 Å². The second kappa shape index (κ2) is 8.99. The molecule has 0 saturated carbocycles. The van der Waals surface area contributed by atoms with Crippen LogP contribution in [0.15, 0.2) is 121 Å². The van der Waals surface area contributed by atoms with Gasteiger partial charge in [-0.3, -0.25) is 4.40 Å². The number of fused-ring (bicyclic) bond motifs is 1. The molecule has 0 bridgehead atoms. The van der Waals surface area contributed by atoms with Gasteiger partial charge in [-0.2, -0.15) is 0 Å². The van der Waals surface area contributed by atoms with Crippen molar-refractivity contribution >= 4 is 5.78 Å². The fraction of sp³-hybridized carbons (Fsp3) is 0.0645. The molecule has 0 aliphatic heterocycles. The topological polar surface area (TPSA) is 31.5 Å². The SMILES string of the molecule is COc1cccc(-c2cn3c(-c4ccccc4)c(-c4ccccc4)nc3n2Cc2ccccc2)c1. The molecule has 4 nitrogen and oxygen atoms in total. The molecule has 6 aromatic rings. The fourth-order valence-corrected chi connectivity index (χ4v) is 4.64. The number of imidazole rings is 2. The minimum atomic E-state index is 0.712. The molecule has 4 aromatic carbocycles. The van der Waals surface area contributed by atoms with Gasteiger partial charge >= 0.3 is 0 Å². The van der Waals surface area contributed by atoms with Crippen molar-refractivity contribution in [1.82, 2.24) is 14.0 Å². The number of methoxy groups -OCH3 is 1. The highest BCUT2D eigenvalue weighted by Gasteiger charge is 2.22. The molecule has 0 N–H and O–H groups in total. The Morgan fingerprint density at radius 1 is 0.686 bits per heavy atom. The summed E-state index contributed by atoms with van der Waals surface area (Å²) in [7, 11) is 1.70. The van der Waals surface area contributed by atoms with Crippen molar-refractivity contribution in [1.29, 1.82) is 0 Å². The minimum Gasteiger partial charge on any atom is -0.497 e. The summed E-state index contributed by atoms with van der Waals surface area (Å²) in [6.45, 7) is 0.712. The molecule has 2 heterocycles. The second-order valence-corrected chi connectivity index (χ2v) is 8.53. The summed E-state index contributed by atoms with van der Waals surface area (Å²) >= 11 is 0. The third kappa shape index (κ3) is 3.89. The van der Waals surface area contributed by atoms with Gasteiger partial charge in [-0.05, 0) is 17.7 Å². The highest BCUT2D eigenvalue weighted by molar-refractivity contribution is 5.83. The lowest BCUT2D eigenvalue weighted by atomic mass is 10.0. The highest BCUT2D eigenvalue weighted by atomic mass is 16.5. The average Bonchev–Trinajstić information content (AvgIpc) is 3.47. The highest BCUT2D eigenvalue weighted by Crippen LogP contribution is 2.36. The maximum absolute atomic E-state index is 5.53. The molecular weight excluding hydrogens is 430 g/mol. The van der Waals surface area contributed by atoms with Gasteiger partial charge in [0, 0.05) is 22.9 Å². The van der Waals surface area contributed by atoms with Crippen LogP contribution in [0.25, 0.3) is 39.5 Å². The molecule has 0 aliphatic carbocycles. The molecular formula is C31H25N3O. The van der Waals surface area contributed by atoms with Crippen molar-refractivity contribution in [3.8, 4) is 39.5 Å². The van der Waals surface area contributed by atoms with E-state index in [0.717, 1.165) is 45.3 Å². The molecule has 0 saturated heterocycles. The summed E-state index contributed by atoms with van der Waals surface area (Å²) in [6, 6.07) is 39.6. The smallest absolute Gasteiger partial charge is 0.215 e. The van der Waals surface area contributed by atoms with Crippen molar-refractivity contribution < 1.29 is 4.74 Å². The summed E-state index contributed by atoms with van der Waals surface area (Å²) in [5.41, 5.74) is 7.70. The third-order valence-electron chi connectivity index (χ3n) is 6.32. The number of ether oxygens (including phenoxy) is 1. The monoisotopic (exact) mass is 455 g/mol. The van der Waals surface area contributed by atoms with E-state index < -0.39 is 0 Å². The lowest BCUT2D eigenvalue weighted by molar-refractivity contribution is 0.415. The first-order valence-electron chi connectivity index (χ1n) is 11.7. The maximum Gasteiger partial charge on any atom is 0.215 e. The van der Waals surface area contributed by atoms with Crippen LogP contribution >= 0.6 is 0 Å². The molecule has 0 amide bonds. The van der Waals surface area contributed by atoms with E-state index in [2.05, 4.69) is 100 Å². The molecule has 0 aliphatic rings. The molecule has 0 spiro atoms. The first-order valence-corrected chi connectivity index (χ1v) is 11.7. The van der Waals surface area contributed by atoms with Crippen LogP contribution in [0.1, 0.15) is 5.56 Å². The summed E-state index contributed by atoms with van der Waals surface area (Å²) in [5, 5.41) is 0. The summed E-state index contributed by atoms with van der Waals surface area (Å²) in [5.74, 6) is 1.74. The molecule has 2 aromatic heterocycles. The first-order chi connectivity index (χ1) is 17.3. The van der Waals surface area contributed by atoms with Crippen molar-refractivity contribution in [3.63, 3.8) is 0 Å². The normalized spacial score (nSPS) is 11.1. The first kappa shape index (κ1) is 21.0. The van der Waals surface area contributed by atoms with Crippen LogP contribution in [0, 0.1) is 0 Å². The van der Waals surface area contributed by atoms with E-state index in [1.54, 1.807) is 7.11 Å². The average molecular weight is 456 g/mol. The van der Waals surface area contributed by atoms with E-state index in [9.17, 15) is 0 Å². The minimum absolute atomic E-state index is 0.712. The van der Waals surface area contributed by atoms with Crippen molar-refractivity contribution in [3.05, 3.63) is 127 Å². The van der Waals surface area contributed by atoms with Crippen LogP contribution < -0.4 is 4.74 Å². The zero-order chi connectivity index (χ0) is 23.6. The number of nitrogens with zero attached hydrogens (tertiary/aromatic N) is 3. The predicted molar refractivity (Wildman–Crippen MR) is 142 cm³/mol. The van der Waals surface area contributed by atoms with Crippen LogP contribution in [0.3, 0.4) is 0 Å². The van der Waals surface area contributed by atoms with Crippen LogP contribution in [0.5, 0.6) is 5.75 Å². The van der Waals surface area contributed by atoms with Gasteiger partial charge in [0.05, 0.1) is 30.7 Å². The summed E-state index contributed by atoms with van der Waals surface area (Å²) in [4.78, 5) is 5.24. The number of aromatic nitrogens is 3. The zero-order valence-corrected chi connectivity index (χ0v) is 19.5. The van der Waals surface area contributed by atoms with Gasteiger partial charge in [0.2, 0.25) is 5.78 Å². The Kier molecular flexibility index (Phi) is 5.39. The van der Waals surface area contributed by atoms with Crippen LogP contribution in [0.2, 0.25) is 0 Å². The molecule has 0 fully saturated rings. The van der Waals surface area contributed by atoms with Gasteiger partial charge in [-0.25, -0.2) is 4.98 Å². The number of hydrogen-bond acceptors (Lipinski definition) is 2. The zero-order valence-electron chi connectivity index (χ0n) is 19.5. The molecule has 6 rings (SSSR count). The van der Waals surface area contributed by atoms with E-state index in [4.69, 9.17) is 9.72 Å². The molecule has 35 heavy (non-hydrogen) atoms. The lowest BCUT2D eigenvalue weighted by Crippen LogP contribution is -2.02. The Balaban J connectivity index is 1.65. The van der Waals surface area contributed by atoms with Gasteiger partial charge in [0.1, 0.15) is 5.75 Å². The van der Waals surface area contributed by atoms with E-state index in [1.165, 1.54) is 5.56 Å². The van der Waals surface area contributed by atoms with E-state index in [0.29, 0.717) is 6.54 Å². The summed E-state index contributed by atoms with van der Waals surface area (Å²) in [6.07, 6.45) is 2.20. The largest absolute Gasteiger partial charge is 0.497 e. The number of benzene rings is 4. The Morgan fingerprint density at radius 2 is 1.31 bits per heavy atom. The Bertz CT molecular complexity index is 1580. The second-order valence-electron chi connectivity index (χ2n) is 8.53. The molecule has 4 heteroatoms. The molecule has 0 unspecified atom stereocenters. The van der Waals surface area contributed by atoms with E-state index >= 15 is 0 Å². The van der Waals surface area contributed by atoms with Crippen molar-refractivity contribution in [2.45, 2.75) is 6.54 Å². The standard InChI is InChI=1S/C31H25N3O/c1-35-27-19-11-18-26(20-27)28-22-34-30(25-16-9-4-10-17-25)29(24-14-7-3-8-15-24)32-31(34)33(28)21-23-12-5-2-6-13-23/h2-20,22H,21H2,1H3. The van der Waals surface area contributed by atoms with E-state index in [-0.39, 0.29) is 0 Å². The molecule has 0 radical (unpaired) electrons. The third-order valence-corrected chi connectivity index (χ3v) is 6.32. The Labute approximate surface area is 204 Å². The van der Waals surface area contributed by atoms with Gasteiger partial charge in [0.15, 0.2) is 0 Å². The lowest BCUT2D eigenvalue weighted by Gasteiger charge is -2.10. The van der Waals surface area contributed by atoms with Gasteiger partial charge in [0.25, 0.3) is 0 Å². The Morgan fingerprint density at radius 3 is 2.00 bits per heavy atom. The molecule has 170 valence electrons. The Hall–Kier alpha value is -4.57. The van der Waals surface area contributed by atoms with Gasteiger partial charge < -0.3 is 9.30 Å². The number of rotatable bonds is 6. The molecule has 0 atom stereocenters. The quantitative estimate of drug-likeness (QED) is 0.266. The van der Waals surface area contributed by atoms with Crippen LogP contribution in [-0.4, -0.2) is 21.1 Å². The predicted octanol–water partition coefficient (Wildman–Crippen LogP) is 7.19. The summed E-state index contributed by atoms with van der Waals surface area (Å²) < 4.78 is 10.1. The van der Waals surface area contributed by atoms with Gasteiger partial charge in [-0.1, -0.05) is 103 Å². The number of hydrogen-bond donors (Lipinski definition) is 0. The maximum atomic E-state index is 5.53. The van der Waals surface area contributed by atoms with E-state index in [1.807, 2.05) is 30.3 Å². The van der Waals surface area contributed by atoms with Crippen molar-refractivity contribution in [2.24, 2.45) is 0 Å².